The van der Waals surface area contributed by atoms with Gasteiger partial charge in [0, 0.05) is 17.1 Å². The Bertz CT molecular complexity index is 1150. The summed E-state index contributed by atoms with van der Waals surface area (Å²) in [6.45, 7) is 4.56. The van der Waals surface area contributed by atoms with E-state index in [1.807, 2.05) is 30.4 Å². The molecule has 2 aromatic carbocycles. The van der Waals surface area contributed by atoms with Crippen LogP contribution in [-0.4, -0.2) is 12.7 Å². The van der Waals surface area contributed by atoms with Crippen LogP contribution in [0.2, 0.25) is 0 Å². The smallest absolute Gasteiger partial charge is 0.166 e. The molecule has 4 heteroatoms. The van der Waals surface area contributed by atoms with Gasteiger partial charge in [-0.25, -0.2) is 13.2 Å². The normalized spacial score (nSPS) is 26.8. The minimum absolute atomic E-state index is 0.0582. The number of allylic oxidation sites excluding steroid dienone is 5. The Labute approximate surface area is 199 Å². The first-order valence-electron chi connectivity index (χ1n) is 12.1. The maximum Gasteiger partial charge on any atom is 0.166 e. The first-order chi connectivity index (χ1) is 16.5. The lowest BCUT2D eigenvalue weighted by Gasteiger charge is -2.27. The van der Waals surface area contributed by atoms with Crippen LogP contribution in [0, 0.1) is 23.5 Å². The van der Waals surface area contributed by atoms with Crippen molar-refractivity contribution in [2.75, 3.05) is 6.61 Å². The van der Waals surface area contributed by atoms with Crippen LogP contribution in [0.15, 0.2) is 78.7 Å². The standard InChI is InChI=1S/C30H29F3O/c1-2-19-3-8-21(9-4-19)25-15-16-26(30(33)29(25)32)22-10-5-20(6-11-22)7-12-23-13-14-24(17-27(23)31)28-18-34-28/h2,5-7,10-13,15-17,19,21,24,28H,1,3-4,8-9,14,18H2/b12-7+. The van der Waals surface area contributed by atoms with Crippen LogP contribution in [-0.2, 0) is 4.74 Å². The number of halogens is 3. The molecule has 0 radical (unpaired) electrons. The second-order valence-electron chi connectivity index (χ2n) is 9.58. The van der Waals surface area contributed by atoms with E-state index in [1.165, 1.54) is 0 Å². The van der Waals surface area contributed by atoms with Crippen molar-refractivity contribution in [3.05, 3.63) is 101 Å². The van der Waals surface area contributed by atoms with E-state index >= 15 is 4.39 Å². The van der Waals surface area contributed by atoms with E-state index in [9.17, 15) is 8.78 Å². The zero-order chi connectivity index (χ0) is 23.7. The Balaban J connectivity index is 1.28. The molecule has 2 unspecified atom stereocenters. The Morgan fingerprint density at radius 1 is 0.882 bits per heavy atom. The molecule has 2 aromatic rings. The first kappa shape index (κ1) is 22.9. The van der Waals surface area contributed by atoms with Crippen molar-refractivity contribution >= 4 is 6.08 Å². The van der Waals surface area contributed by atoms with E-state index in [0.717, 1.165) is 37.7 Å². The lowest BCUT2D eigenvalue weighted by atomic mass is 9.78. The highest BCUT2D eigenvalue weighted by molar-refractivity contribution is 5.67. The molecule has 176 valence electrons. The lowest BCUT2D eigenvalue weighted by Crippen LogP contribution is -2.13. The summed E-state index contributed by atoms with van der Waals surface area (Å²) >= 11 is 0. The second-order valence-corrected chi connectivity index (χ2v) is 9.58. The van der Waals surface area contributed by atoms with Crippen molar-refractivity contribution in [3.63, 3.8) is 0 Å². The average molecular weight is 463 g/mol. The summed E-state index contributed by atoms with van der Waals surface area (Å²) in [7, 11) is 0. The highest BCUT2D eigenvalue weighted by Gasteiger charge is 2.32. The summed E-state index contributed by atoms with van der Waals surface area (Å²) < 4.78 is 49.6. The minimum atomic E-state index is -0.791. The Morgan fingerprint density at radius 3 is 2.26 bits per heavy atom. The van der Waals surface area contributed by atoms with Gasteiger partial charge in [0.1, 0.15) is 5.83 Å². The van der Waals surface area contributed by atoms with Crippen molar-refractivity contribution in [2.24, 2.45) is 11.8 Å². The largest absolute Gasteiger partial charge is 0.372 e. The molecule has 0 spiro atoms. The van der Waals surface area contributed by atoms with Crippen LogP contribution in [0.4, 0.5) is 13.2 Å². The Morgan fingerprint density at radius 2 is 1.62 bits per heavy atom. The Hall–Kier alpha value is -2.85. The number of hydrogen-bond donors (Lipinski definition) is 0. The summed E-state index contributed by atoms with van der Waals surface area (Å²) in [5.41, 5.74) is 2.78. The van der Waals surface area contributed by atoms with Gasteiger partial charge in [0.05, 0.1) is 12.7 Å². The third-order valence-corrected chi connectivity index (χ3v) is 7.42. The molecule has 34 heavy (non-hydrogen) atoms. The first-order valence-corrected chi connectivity index (χ1v) is 12.1. The Kier molecular flexibility index (Phi) is 6.60. The third kappa shape index (κ3) is 4.83. The lowest BCUT2D eigenvalue weighted by molar-refractivity contribution is 0.356. The number of rotatable bonds is 6. The minimum Gasteiger partial charge on any atom is -0.372 e. The molecular formula is C30H29F3O. The predicted octanol–water partition coefficient (Wildman–Crippen LogP) is 8.30. The SMILES string of the molecule is C=CC1CCC(c2ccc(-c3ccc(/C=C/C4=CCC(C5CO5)C=C4F)cc3)c(F)c2F)CC1. The van der Waals surface area contributed by atoms with Gasteiger partial charge in [0.15, 0.2) is 11.6 Å². The number of epoxide rings is 1. The molecule has 1 saturated heterocycles. The summed E-state index contributed by atoms with van der Waals surface area (Å²) in [5.74, 6) is -1.09. The molecule has 5 rings (SSSR count). The molecule has 3 aliphatic rings. The predicted molar refractivity (Wildman–Crippen MR) is 131 cm³/mol. The fourth-order valence-corrected chi connectivity index (χ4v) is 5.15. The third-order valence-electron chi connectivity index (χ3n) is 7.42. The maximum atomic E-state index is 15.0. The van der Waals surface area contributed by atoms with Gasteiger partial charge >= 0.3 is 0 Å². The van der Waals surface area contributed by atoms with Crippen LogP contribution in [0.3, 0.4) is 0 Å². The molecule has 0 amide bonds. The van der Waals surface area contributed by atoms with E-state index < -0.39 is 11.6 Å². The fourth-order valence-electron chi connectivity index (χ4n) is 5.15. The molecule has 2 atom stereocenters. The van der Waals surface area contributed by atoms with Gasteiger partial charge in [-0.15, -0.1) is 6.58 Å². The van der Waals surface area contributed by atoms with Crippen molar-refractivity contribution in [1.82, 2.24) is 0 Å². The van der Waals surface area contributed by atoms with Gasteiger partial charge in [-0.05, 0) is 66.7 Å². The van der Waals surface area contributed by atoms with E-state index in [2.05, 4.69) is 6.58 Å². The van der Waals surface area contributed by atoms with E-state index in [4.69, 9.17) is 4.74 Å². The van der Waals surface area contributed by atoms with Gasteiger partial charge in [-0.1, -0.05) is 60.7 Å². The van der Waals surface area contributed by atoms with E-state index in [1.54, 1.807) is 36.4 Å². The average Bonchev–Trinajstić information content (AvgIpc) is 3.71. The molecular weight excluding hydrogens is 433 g/mol. The summed E-state index contributed by atoms with van der Waals surface area (Å²) in [5, 5.41) is 0. The quantitative estimate of drug-likeness (QED) is 0.311. The monoisotopic (exact) mass is 462 g/mol. The van der Waals surface area contributed by atoms with Gasteiger partial charge in [0.25, 0.3) is 0 Å². The van der Waals surface area contributed by atoms with E-state index in [-0.39, 0.29) is 29.3 Å². The maximum absolute atomic E-state index is 15.0. The topological polar surface area (TPSA) is 12.5 Å². The zero-order valence-electron chi connectivity index (χ0n) is 19.2. The van der Waals surface area contributed by atoms with Gasteiger partial charge in [-0.2, -0.15) is 0 Å². The van der Waals surface area contributed by atoms with Gasteiger partial charge in [0.2, 0.25) is 0 Å². The van der Waals surface area contributed by atoms with Gasteiger partial charge < -0.3 is 4.74 Å². The summed E-state index contributed by atoms with van der Waals surface area (Å²) in [6.07, 6.45) is 13.7. The molecule has 0 bridgehead atoms. The zero-order valence-corrected chi connectivity index (χ0v) is 19.2. The van der Waals surface area contributed by atoms with Crippen molar-refractivity contribution in [2.45, 2.75) is 44.1 Å². The van der Waals surface area contributed by atoms with Crippen molar-refractivity contribution < 1.29 is 17.9 Å². The molecule has 0 N–H and O–H groups in total. The van der Waals surface area contributed by atoms with Crippen LogP contribution in [0.25, 0.3) is 17.2 Å². The molecule has 2 aliphatic carbocycles. The number of ether oxygens (including phenoxy) is 1. The fraction of sp³-hybridized carbons (Fsp3) is 0.333. The molecule has 1 heterocycles. The molecule has 1 saturated carbocycles. The molecule has 1 aliphatic heterocycles. The summed E-state index contributed by atoms with van der Waals surface area (Å²) in [6, 6.07) is 10.6. The summed E-state index contributed by atoms with van der Waals surface area (Å²) in [4.78, 5) is 0. The molecule has 2 fully saturated rings. The van der Waals surface area contributed by atoms with Crippen LogP contribution in [0.1, 0.15) is 49.1 Å². The highest BCUT2D eigenvalue weighted by atomic mass is 19.2. The number of benzene rings is 2. The van der Waals surface area contributed by atoms with Gasteiger partial charge in [-0.3, -0.25) is 0 Å². The second kappa shape index (κ2) is 9.79. The van der Waals surface area contributed by atoms with E-state index in [0.29, 0.717) is 29.2 Å². The van der Waals surface area contributed by atoms with Crippen LogP contribution >= 0.6 is 0 Å². The van der Waals surface area contributed by atoms with Crippen molar-refractivity contribution in [1.29, 1.82) is 0 Å². The van der Waals surface area contributed by atoms with Crippen LogP contribution < -0.4 is 0 Å². The molecule has 0 aromatic heterocycles. The molecule has 1 nitrogen and oxygen atoms in total. The number of hydrogen-bond acceptors (Lipinski definition) is 1. The van der Waals surface area contributed by atoms with Crippen molar-refractivity contribution in [3.8, 4) is 11.1 Å². The highest BCUT2D eigenvalue weighted by Crippen LogP contribution is 2.39. The van der Waals surface area contributed by atoms with Crippen LogP contribution in [0.5, 0.6) is 0 Å².